The number of nitrogens with one attached hydrogen (secondary N) is 1. The highest BCUT2D eigenvalue weighted by atomic mass is 16.2. The minimum Gasteiger partial charge on any atom is -0.398 e. The van der Waals surface area contributed by atoms with Crippen molar-refractivity contribution >= 4 is 28.4 Å². The van der Waals surface area contributed by atoms with Crippen LogP contribution in [0.4, 0.5) is 5.69 Å². The fraction of sp³-hybridized carbons (Fsp3) is 0.333. The Morgan fingerprint density at radius 3 is 3.00 bits per heavy atom. The molecule has 7 heteroatoms. The Morgan fingerprint density at radius 2 is 2.27 bits per heavy atom. The minimum atomic E-state index is -3.26. The van der Waals surface area contributed by atoms with Crippen LogP contribution in [0.3, 0.4) is 0 Å². The van der Waals surface area contributed by atoms with E-state index in [1.165, 1.54) is 0 Å². The first-order valence-corrected chi connectivity index (χ1v) is 6.12. The van der Waals surface area contributed by atoms with Crippen LogP contribution >= 0.6 is 0 Å². The molecule has 1 aromatic carbocycles. The Kier molecular flexibility index (Phi) is 1.59. The van der Waals surface area contributed by atoms with Crippen LogP contribution in [0.25, 0.3) is 10.9 Å². The van der Waals surface area contributed by atoms with Crippen molar-refractivity contribution in [3.63, 3.8) is 0 Å². The van der Waals surface area contributed by atoms with Crippen LogP contribution in [-0.4, -0.2) is 21.4 Å². The van der Waals surface area contributed by atoms with E-state index in [0.29, 0.717) is 4.57 Å². The standard InChI is InChI=1S/C15H16N4O3/c1-8-17-10-5-3-4-9(16)12(10)13(21)19(8)15(2)7-6-11(20)18-14(15)22/h3-5H,6-7,16H2,1-2H3,(H,18,20,22)/i1D,3D,4D,5D,6D2,7D2. The monoisotopic (exact) mass is 308 g/mol. The summed E-state index contributed by atoms with van der Waals surface area (Å²) >= 11 is 0. The van der Waals surface area contributed by atoms with Gasteiger partial charge in [-0.1, -0.05) is 6.04 Å². The Hall–Kier alpha value is -2.70. The van der Waals surface area contributed by atoms with Crippen molar-refractivity contribution in [3.8, 4) is 0 Å². The number of hydrogen-bond donors (Lipinski definition) is 2. The number of carbonyl (C=O) groups is 2. The molecular weight excluding hydrogens is 284 g/mol. The van der Waals surface area contributed by atoms with Gasteiger partial charge < -0.3 is 5.73 Å². The van der Waals surface area contributed by atoms with E-state index < -0.39 is 83.1 Å². The van der Waals surface area contributed by atoms with E-state index in [9.17, 15) is 14.4 Å². The highest BCUT2D eigenvalue weighted by molar-refractivity contribution is 6.01. The number of nitrogens with two attached hydrogens (primary N) is 1. The molecule has 7 nitrogen and oxygen atoms in total. The number of nitrogen functional groups attached to an aromatic ring is 1. The number of nitrogens with zero attached hydrogens (tertiary/aromatic N) is 2. The average molecular weight is 308 g/mol. The number of imide groups is 1. The first-order valence-electron chi connectivity index (χ1n) is 10.3. The molecule has 2 amide bonds. The first kappa shape index (κ1) is 7.53. The van der Waals surface area contributed by atoms with E-state index in [2.05, 4.69) is 4.98 Å². The second-order valence-electron chi connectivity index (χ2n) is 4.79. The van der Waals surface area contributed by atoms with Crippen molar-refractivity contribution in [2.24, 2.45) is 0 Å². The highest BCUT2D eigenvalue weighted by Crippen LogP contribution is 2.27. The van der Waals surface area contributed by atoms with Crippen LogP contribution in [-0.2, 0) is 15.1 Å². The Bertz CT molecular complexity index is 1200. The molecule has 1 unspecified atom stereocenters. The van der Waals surface area contributed by atoms with Gasteiger partial charge in [0.2, 0.25) is 5.91 Å². The van der Waals surface area contributed by atoms with E-state index in [0.717, 1.165) is 6.92 Å². The number of aryl methyl sites for hydroxylation is 1. The number of rotatable bonds is 1. The molecule has 0 radical (unpaired) electrons. The quantitative estimate of drug-likeness (QED) is 0.587. The van der Waals surface area contributed by atoms with Gasteiger partial charge in [-0.05, 0) is 32.3 Å². The minimum absolute atomic E-state index is 0.406. The third kappa shape index (κ3) is 1.89. The Balaban J connectivity index is 2.56. The van der Waals surface area contributed by atoms with Crippen molar-refractivity contribution in [1.29, 1.82) is 0 Å². The highest BCUT2D eigenvalue weighted by Gasteiger charge is 2.42. The molecule has 0 bridgehead atoms. The van der Waals surface area contributed by atoms with E-state index in [4.69, 9.17) is 16.7 Å². The van der Waals surface area contributed by atoms with Crippen LogP contribution < -0.4 is 16.6 Å². The van der Waals surface area contributed by atoms with Gasteiger partial charge in [-0.3, -0.25) is 24.3 Å². The van der Waals surface area contributed by atoms with Crippen LogP contribution in [0.2, 0.25) is 0 Å². The molecule has 0 saturated carbocycles. The molecular formula is C15H16N4O3. The zero-order valence-electron chi connectivity index (χ0n) is 19.4. The molecule has 1 saturated heterocycles. The Labute approximate surface area is 137 Å². The number of amides is 2. The van der Waals surface area contributed by atoms with Gasteiger partial charge in [0, 0.05) is 18.9 Å². The fourth-order valence-electron chi connectivity index (χ4n) is 2.23. The molecule has 22 heavy (non-hydrogen) atoms. The van der Waals surface area contributed by atoms with E-state index in [1.54, 1.807) is 5.32 Å². The molecule has 1 fully saturated rings. The van der Waals surface area contributed by atoms with Gasteiger partial charge in [0.15, 0.2) is 0 Å². The lowest BCUT2D eigenvalue weighted by Crippen LogP contribution is -2.56. The van der Waals surface area contributed by atoms with Gasteiger partial charge in [-0.2, -0.15) is 0 Å². The summed E-state index contributed by atoms with van der Waals surface area (Å²) in [4.78, 5) is 42.0. The van der Waals surface area contributed by atoms with Gasteiger partial charge in [-0.25, -0.2) is 4.98 Å². The van der Waals surface area contributed by atoms with Crippen LogP contribution in [0.5, 0.6) is 0 Å². The number of carbonyl (C=O) groups excluding carboxylic acids is 2. The molecule has 1 aromatic heterocycles. The summed E-state index contributed by atoms with van der Waals surface area (Å²) < 4.78 is 64.0. The summed E-state index contributed by atoms with van der Waals surface area (Å²) in [5.74, 6) is -3.37. The Morgan fingerprint density at radius 1 is 1.50 bits per heavy atom. The number of piperidine rings is 1. The van der Waals surface area contributed by atoms with E-state index in [1.807, 2.05) is 0 Å². The van der Waals surface area contributed by atoms with Crippen LogP contribution in [0.15, 0.2) is 22.9 Å². The predicted molar refractivity (Wildman–Crippen MR) is 81.2 cm³/mol. The van der Waals surface area contributed by atoms with Crippen molar-refractivity contribution in [3.05, 3.63) is 34.3 Å². The maximum Gasteiger partial charge on any atom is 0.264 e. The number of anilines is 1. The van der Waals surface area contributed by atoms with Gasteiger partial charge in [-0.15, -0.1) is 0 Å². The number of fused-ring (bicyclic) bond motifs is 1. The maximum atomic E-state index is 13.4. The third-order valence-electron chi connectivity index (χ3n) is 3.34. The summed E-state index contributed by atoms with van der Waals surface area (Å²) in [5, 5.41) is 1.17. The van der Waals surface area contributed by atoms with Crippen molar-refractivity contribution < 1.29 is 20.6 Å². The van der Waals surface area contributed by atoms with Crippen molar-refractivity contribution in [2.75, 3.05) is 5.73 Å². The van der Waals surface area contributed by atoms with Crippen molar-refractivity contribution in [2.45, 2.75) is 32.1 Å². The lowest BCUT2D eigenvalue weighted by molar-refractivity contribution is -0.140. The summed E-state index contributed by atoms with van der Waals surface area (Å²) in [6.07, 6.45) is -6.50. The van der Waals surface area contributed by atoms with Crippen molar-refractivity contribution in [1.82, 2.24) is 14.9 Å². The molecule has 0 spiro atoms. The summed E-state index contributed by atoms with van der Waals surface area (Å²) in [6.45, 7) is 0.106. The van der Waals surface area contributed by atoms with Crippen LogP contribution in [0, 0.1) is 6.90 Å². The predicted octanol–water partition coefficient (Wildman–Crippen LogP) is 0.439. The molecule has 2 aromatic rings. The SMILES string of the molecule is [2H]Cc1nc2c([2H])c([2H])c([2H])c(N)c2c(=O)n1C1(C)C(=O)NC(=O)C([2H])([2H])C1([2H])[2H]. The lowest BCUT2D eigenvalue weighted by Gasteiger charge is -2.34. The third-order valence-corrected chi connectivity index (χ3v) is 3.34. The molecule has 114 valence electrons. The molecule has 3 N–H and O–H groups in total. The second-order valence-corrected chi connectivity index (χ2v) is 4.79. The summed E-state index contributed by atoms with van der Waals surface area (Å²) in [6, 6.07) is -1.88. The summed E-state index contributed by atoms with van der Waals surface area (Å²) in [7, 11) is 0. The van der Waals surface area contributed by atoms with Gasteiger partial charge in [0.05, 0.1) is 15.0 Å². The average Bonchev–Trinajstić information content (AvgIpc) is 2.67. The van der Waals surface area contributed by atoms with Crippen LogP contribution in [0.1, 0.15) is 36.5 Å². The molecule has 3 rings (SSSR count). The van der Waals surface area contributed by atoms with E-state index >= 15 is 0 Å². The zero-order valence-corrected chi connectivity index (χ0v) is 11.4. The molecule has 1 atom stereocenters. The topological polar surface area (TPSA) is 107 Å². The normalized spacial score (nSPS) is 31.7. The first-order chi connectivity index (χ1) is 13.7. The summed E-state index contributed by atoms with van der Waals surface area (Å²) in [5.41, 5.74) is 0.974. The molecule has 1 aliphatic rings. The van der Waals surface area contributed by atoms with Gasteiger partial charge in [0.1, 0.15) is 11.4 Å². The largest absolute Gasteiger partial charge is 0.398 e. The fourth-order valence-corrected chi connectivity index (χ4v) is 2.23. The maximum absolute atomic E-state index is 13.4. The van der Waals surface area contributed by atoms with Gasteiger partial charge in [0.25, 0.3) is 11.5 Å². The molecule has 0 aliphatic carbocycles. The smallest absolute Gasteiger partial charge is 0.264 e. The number of aromatic nitrogens is 2. The number of hydrogen-bond acceptors (Lipinski definition) is 5. The van der Waals surface area contributed by atoms with Gasteiger partial charge >= 0.3 is 0 Å². The molecule has 2 heterocycles. The second kappa shape index (κ2) is 4.66. The van der Waals surface area contributed by atoms with E-state index in [-0.39, 0.29) is 0 Å². The zero-order chi connectivity index (χ0) is 23.0. The molecule has 1 aliphatic heterocycles. The lowest BCUT2D eigenvalue weighted by atomic mass is 9.90. The number of benzene rings is 1.